The standard InChI is InChI=1S/C30H30Cl2F3N6O5P/c1-4-47(43,5-2)10-6-9-44-25-24(40-14-21(37-39-40)16-11-19(33)23(35)20(34)12-16)26-28(30(42)46-26)45-27(25)29-36-15(3)38-41(29)22-13-17(31)7-8-18(22)32/h6-8,10-14,24-28,30,42H,4-5,9H2,1-3H3/b10-6+. The zero-order valence-corrected chi connectivity index (χ0v) is 27.7. The normalized spacial score (nSPS) is 24.4. The Morgan fingerprint density at radius 1 is 1.09 bits per heavy atom. The molecule has 0 spiro atoms. The van der Waals surface area contributed by atoms with E-state index in [1.807, 2.05) is 13.8 Å². The number of benzene rings is 2. The lowest BCUT2D eigenvalue weighted by Crippen LogP contribution is -2.66. The van der Waals surface area contributed by atoms with E-state index in [9.17, 15) is 22.8 Å². The highest BCUT2D eigenvalue weighted by Gasteiger charge is 2.59. The quantitative estimate of drug-likeness (QED) is 0.150. The van der Waals surface area contributed by atoms with Crippen LogP contribution < -0.4 is 0 Å². The maximum absolute atomic E-state index is 14.1. The second-order valence-electron chi connectivity index (χ2n) is 11.1. The van der Waals surface area contributed by atoms with Gasteiger partial charge in [-0.1, -0.05) is 48.3 Å². The third-order valence-electron chi connectivity index (χ3n) is 8.23. The van der Waals surface area contributed by atoms with Crippen molar-refractivity contribution in [3.05, 3.63) is 87.6 Å². The van der Waals surface area contributed by atoms with Crippen molar-refractivity contribution in [2.45, 2.75) is 57.5 Å². The molecule has 2 aliphatic heterocycles. The molecule has 4 aromatic rings. The van der Waals surface area contributed by atoms with Gasteiger partial charge in [0.05, 0.1) is 23.5 Å². The molecule has 250 valence electrons. The van der Waals surface area contributed by atoms with Crippen molar-refractivity contribution in [1.82, 2.24) is 29.8 Å². The van der Waals surface area contributed by atoms with E-state index in [4.69, 9.17) is 37.4 Å². The summed E-state index contributed by atoms with van der Waals surface area (Å²) in [6.07, 6.45) is -0.931. The average molecular weight is 713 g/mol. The minimum Gasteiger partial charge on any atom is -0.369 e. The number of rotatable bonds is 10. The molecule has 1 N–H and O–H groups in total. The van der Waals surface area contributed by atoms with Gasteiger partial charge >= 0.3 is 0 Å². The van der Waals surface area contributed by atoms with Crippen LogP contribution in [0.2, 0.25) is 10.0 Å². The number of aliphatic hydroxyl groups excluding tert-OH is 1. The first kappa shape index (κ1) is 33.8. The second-order valence-corrected chi connectivity index (χ2v) is 15.4. The summed E-state index contributed by atoms with van der Waals surface area (Å²) in [6, 6.07) is 5.62. The SMILES string of the molecule is CCP(=O)(/C=C/COC1C(c2nc(C)nn2-c2cc(Cl)ccc2Cl)OC2C(O)OC2C1n1cc(-c2cc(F)c(F)c(F)c2)nn1)CC. The second kappa shape index (κ2) is 13.4. The fourth-order valence-corrected chi connectivity index (χ4v) is 7.35. The smallest absolute Gasteiger partial charge is 0.194 e. The van der Waals surface area contributed by atoms with Crippen molar-refractivity contribution in [3.8, 4) is 16.9 Å². The summed E-state index contributed by atoms with van der Waals surface area (Å²) in [5.74, 6) is -2.08. The Bertz CT molecular complexity index is 1840. The summed E-state index contributed by atoms with van der Waals surface area (Å²) in [5.41, 5.74) is 0.400. The van der Waals surface area contributed by atoms with Crippen LogP contribution in [0.15, 0.2) is 48.4 Å². The van der Waals surface area contributed by atoms with Crippen molar-refractivity contribution in [3.63, 3.8) is 0 Å². The van der Waals surface area contributed by atoms with Gasteiger partial charge in [0, 0.05) is 22.9 Å². The molecule has 11 nitrogen and oxygen atoms in total. The van der Waals surface area contributed by atoms with E-state index in [1.54, 1.807) is 37.0 Å². The third kappa shape index (κ3) is 6.52. The fraction of sp³-hybridized carbons (Fsp3) is 0.400. The van der Waals surface area contributed by atoms with Crippen LogP contribution in [0.3, 0.4) is 0 Å². The van der Waals surface area contributed by atoms with Gasteiger partial charge in [0.1, 0.15) is 49.1 Å². The van der Waals surface area contributed by atoms with Gasteiger partial charge in [-0.25, -0.2) is 27.5 Å². The molecule has 0 saturated carbocycles. The number of hydrogen-bond acceptors (Lipinski definition) is 9. The topological polar surface area (TPSA) is 126 Å². The summed E-state index contributed by atoms with van der Waals surface area (Å²) in [5, 5.41) is 24.1. The molecule has 2 aromatic heterocycles. The minimum atomic E-state index is -2.53. The number of aryl methyl sites for hydroxylation is 1. The number of aliphatic hydroxyl groups is 1. The number of nitrogens with zero attached hydrogens (tertiary/aromatic N) is 6. The van der Waals surface area contributed by atoms with E-state index < -0.39 is 61.3 Å². The van der Waals surface area contributed by atoms with Gasteiger partial charge in [0.15, 0.2) is 29.6 Å². The Kier molecular flexibility index (Phi) is 9.65. The lowest BCUT2D eigenvalue weighted by molar-refractivity contribution is -0.377. The van der Waals surface area contributed by atoms with E-state index >= 15 is 0 Å². The summed E-state index contributed by atoms with van der Waals surface area (Å²) in [4.78, 5) is 4.64. The zero-order chi connectivity index (χ0) is 33.6. The number of halogens is 5. The Balaban J connectivity index is 1.44. The van der Waals surface area contributed by atoms with Crippen LogP contribution >= 0.6 is 30.3 Å². The van der Waals surface area contributed by atoms with E-state index in [-0.39, 0.29) is 23.7 Å². The molecule has 0 aliphatic carbocycles. The molecule has 2 fully saturated rings. The highest BCUT2D eigenvalue weighted by atomic mass is 35.5. The van der Waals surface area contributed by atoms with Crippen LogP contribution in [-0.4, -0.2) is 78.4 Å². The van der Waals surface area contributed by atoms with Gasteiger partial charge in [-0.05, 0) is 43.1 Å². The Labute approximate surface area is 277 Å². The van der Waals surface area contributed by atoms with Crippen molar-refractivity contribution in [2.75, 3.05) is 18.9 Å². The zero-order valence-electron chi connectivity index (χ0n) is 25.3. The first-order chi connectivity index (χ1) is 22.4. The van der Waals surface area contributed by atoms with Gasteiger partial charge in [-0.2, -0.15) is 5.10 Å². The molecule has 0 radical (unpaired) electrons. The van der Waals surface area contributed by atoms with E-state index in [0.717, 1.165) is 12.1 Å². The van der Waals surface area contributed by atoms with Crippen LogP contribution in [0.1, 0.15) is 37.6 Å². The fourth-order valence-electron chi connectivity index (χ4n) is 5.65. The molecule has 6 unspecified atom stereocenters. The largest absolute Gasteiger partial charge is 0.369 e. The number of fused-ring (bicyclic) bond motifs is 1. The number of ether oxygens (including phenoxy) is 3. The first-order valence-electron chi connectivity index (χ1n) is 14.7. The van der Waals surface area contributed by atoms with Crippen molar-refractivity contribution < 1.29 is 37.1 Å². The number of aromatic nitrogens is 6. The van der Waals surface area contributed by atoms with Gasteiger partial charge in [-0.3, -0.25) is 0 Å². The molecule has 6 rings (SSSR count). The molecule has 17 heteroatoms. The molecule has 6 atom stereocenters. The van der Waals surface area contributed by atoms with E-state index in [0.29, 0.717) is 33.9 Å². The Morgan fingerprint density at radius 2 is 1.81 bits per heavy atom. The summed E-state index contributed by atoms with van der Waals surface area (Å²) in [6.45, 7) is 5.38. The minimum absolute atomic E-state index is 0.00800. The van der Waals surface area contributed by atoms with Gasteiger partial charge in [0.25, 0.3) is 0 Å². The Hall–Kier alpha value is -3.10. The van der Waals surface area contributed by atoms with E-state index in [1.165, 1.54) is 15.6 Å². The lowest BCUT2D eigenvalue weighted by atomic mass is 9.88. The molecule has 4 heterocycles. The molecule has 2 saturated heterocycles. The highest BCUT2D eigenvalue weighted by molar-refractivity contribution is 7.66. The van der Waals surface area contributed by atoms with Crippen LogP contribution in [0.5, 0.6) is 0 Å². The maximum atomic E-state index is 14.1. The van der Waals surface area contributed by atoms with Crippen LogP contribution in [0.25, 0.3) is 16.9 Å². The predicted molar refractivity (Wildman–Crippen MR) is 167 cm³/mol. The van der Waals surface area contributed by atoms with Crippen LogP contribution in [0.4, 0.5) is 13.2 Å². The third-order valence-corrected chi connectivity index (χ3v) is 11.7. The summed E-state index contributed by atoms with van der Waals surface area (Å²) < 4.78 is 76.2. The summed E-state index contributed by atoms with van der Waals surface area (Å²) >= 11 is 12.8. The molecule has 2 aliphatic rings. The van der Waals surface area contributed by atoms with Crippen molar-refractivity contribution in [1.29, 1.82) is 0 Å². The van der Waals surface area contributed by atoms with Gasteiger partial charge in [0.2, 0.25) is 0 Å². The monoisotopic (exact) mass is 712 g/mol. The molecule has 0 amide bonds. The molecular weight excluding hydrogens is 683 g/mol. The molecule has 0 bridgehead atoms. The first-order valence-corrected chi connectivity index (χ1v) is 17.6. The average Bonchev–Trinajstić information content (AvgIpc) is 3.69. The van der Waals surface area contributed by atoms with Gasteiger partial charge < -0.3 is 23.9 Å². The lowest BCUT2D eigenvalue weighted by Gasteiger charge is -2.53. The number of hydrogen-bond donors (Lipinski definition) is 1. The van der Waals surface area contributed by atoms with Crippen LogP contribution in [0, 0.1) is 24.4 Å². The van der Waals surface area contributed by atoms with Gasteiger partial charge in [-0.15, -0.1) is 5.10 Å². The van der Waals surface area contributed by atoms with Crippen molar-refractivity contribution in [2.24, 2.45) is 0 Å². The molecule has 47 heavy (non-hydrogen) atoms. The van der Waals surface area contributed by atoms with Crippen molar-refractivity contribution >= 4 is 30.3 Å². The highest BCUT2D eigenvalue weighted by Crippen LogP contribution is 2.48. The van der Waals surface area contributed by atoms with Crippen LogP contribution in [-0.2, 0) is 18.8 Å². The Morgan fingerprint density at radius 3 is 2.49 bits per heavy atom. The molecule has 2 aromatic carbocycles. The maximum Gasteiger partial charge on any atom is 0.194 e. The summed E-state index contributed by atoms with van der Waals surface area (Å²) in [7, 11) is -2.53. The molecular formula is C30H30Cl2F3N6O5P. The predicted octanol–water partition coefficient (Wildman–Crippen LogP) is 6.26. The van der Waals surface area contributed by atoms with E-state index in [2.05, 4.69) is 20.4 Å².